The summed E-state index contributed by atoms with van der Waals surface area (Å²) in [4.78, 5) is 16.6. The van der Waals surface area contributed by atoms with Crippen molar-refractivity contribution in [1.82, 2.24) is 4.98 Å². The summed E-state index contributed by atoms with van der Waals surface area (Å²) in [5.41, 5.74) is 0.349. The van der Waals surface area contributed by atoms with Crippen molar-refractivity contribution >= 4 is 34.1 Å². The first-order valence-corrected chi connectivity index (χ1v) is 7.31. The van der Waals surface area contributed by atoms with Crippen molar-refractivity contribution in [2.24, 2.45) is 0 Å². The Morgan fingerprint density at radius 3 is 2.39 bits per heavy atom. The lowest BCUT2D eigenvalue weighted by molar-refractivity contribution is 0.355. The number of benzene rings is 2. The summed E-state index contributed by atoms with van der Waals surface area (Å²) in [5, 5.41) is 1.11. The van der Waals surface area contributed by atoms with Gasteiger partial charge in [0.25, 0.3) is 0 Å². The number of halogens is 2. The maximum atomic E-state index is 12.2. The zero-order chi connectivity index (χ0) is 16.6. The molecular weight excluding hydrogens is 341 g/mol. The smallest absolute Gasteiger partial charge is 0.347 e. The highest BCUT2D eigenvalue weighted by Crippen LogP contribution is 2.33. The van der Waals surface area contributed by atoms with E-state index in [4.69, 9.17) is 37.1 Å². The summed E-state index contributed by atoms with van der Waals surface area (Å²) < 4.78 is 15.7. The summed E-state index contributed by atoms with van der Waals surface area (Å²) in [6.45, 7) is 0. The Labute approximate surface area is 141 Å². The third-order valence-corrected chi connectivity index (χ3v) is 3.84. The standard InChI is InChI=1S/C16H11Cl2NO4/c1-21-13-6-10-12(7-14(13)22-2)19-15(23-16(10)20)9-4-3-8(17)5-11(9)18/h3-7H,1-2H3. The molecule has 0 bridgehead atoms. The van der Waals surface area contributed by atoms with E-state index in [9.17, 15) is 4.79 Å². The van der Waals surface area contributed by atoms with Crippen LogP contribution in [-0.2, 0) is 0 Å². The van der Waals surface area contributed by atoms with E-state index in [1.807, 2.05) is 0 Å². The molecule has 1 aromatic heterocycles. The number of rotatable bonds is 3. The maximum Gasteiger partial charge on any atom is 0.347 e. The minimum absolute atomic E-state index is 0.108. The topological polar surface area (TPSA) is 61.6 Å². The molecular formula is C16H11Cl2NO4. The van der Waals surface area contributed by atoms with E-state index in [-0.39, 0.29) is 11.3 Å². The molecule has 0 aliphatic heterocycles. The van der Waals surface area contributed by atoms with Crippen LogP contribution in [0, 0.1) is 0 Å². The molecule has 0 amide bonds. The van der Waals surface area contributed by atoms with Crippen LogP contribution in [0.5, 0.6) is 11.5 Å². The zero-order valence-corrected chi connectivity index (χ0v) is 13.7. The molecule has 2 aromatic carbocycles. The van der Waals surface area contributed by atoms with Gasteiger partial charge in [-0.15, -0.1) is 0 Å². The van der Waals surface area contributed by atoms with Gasteiger partial charge in [0.05, 0.1) is 35.7 Å². The molecule has 3 rings (SSSR count). The largest absolute Gasteiger partial charge is 0.493 e. The predicted molar refractivity (Wildman–Crippen MR) is 88.8 cm³/mol. The van der Waals surface area contributed by atoms with Crippen LogP contribution >= 0.6 is 23.2 Å². The van der Waals surface area contributed by atoms with Crippen molar-refractivity contribution in [3.8, 4) is 23.0 Å². The molecule has 0 saturated carbocycles. The van der Waals surface area contributed by atoms with Crippen molar-refractivity contribution in [3.05, 3.63) is 50.8 Å². The monoisotopic (exact) mass is 351 g/mol. The molecule has 0 N–H and O–H groups in total. The number of fused-ring (bicyclic) bond motifs is 1. The SMILES string of the molecule is COc1cc2nc(-c3ccc(Cl)cc3Cl)oc(=O)c2cc1OC. The van der Waals surface area contributed by atoms with Crippen molar-refractivity contribution < 1.29 is 13.9 Å². The molecule has 0 fully saturated rings. The summed E-state index contributed by atoms with van der Waals surface area (Å²) in [5.74, 6) is 0.994. The van der Waals surface area contributed by atoms with E-state index in [0.717, 1.165) is 0 Å². The van der Waals surface area contributed by atoms with Crippen molar-refractivity contribution in [3.63, 3.8) is 0 Å². The number of aromatic nitrogens is 1. The average Bonchev–Trinajstić information content (AvgIpc) is 2.53. The molecule has 3 aromatic rings. The lowest BCUT2D eigenvalue weighted by atomic mass is 10.2. The minimum Gasteiger partial charge on any atom is -0.493 e. The van der Waals surface area contributed by atoms with Gasteiger partial charge in [-0.1, -0.05) is 23.2 Å². The summed E-state index contributed by atoms with van der Waals surface area (Å²) in [6.07, 6.45) is 0. The normalized spacial score (nSPS) is 10.8. The van der Waals surface area contributed by atoms with E-state index in [0.29, 0.717) is 32.6 Å². The summed E-state index contributed by atoms with van der Waals surface area (Å²) >= 11 is 12.0. The van der Waals surface area contributed by atoms with Crippen LogP contribution < -0.4 is 15.1 Å². The van der Waals surface area contributed by atoms with Gasteiger partial charge in [-0.05, 0) is 18.2 Å². The van der Waals surface area contributed by atoms with Gasteiger partial charge in [-0.25, -0.2) is 9.78 Å². The molecule has 118 valence electrons. The first-order chi connectivity index (χ1) is 11.0. The first kappa shape index (κ1) is 15.6. The molecule has 0 aliphatic carbocycles. The fraction of sp³-hybridized carbons (Fsp3) is 0.125. The van der Waals surface area contributed by atoms with E-state index in [2.05, 4.69) is 4.98 Å². The molecule has 0 spiro atoms. The number of hydrogen-bond acceptors (Lipinski definition) is 5. The Kier molecular flexibility index (Phi) is 4.15. The highest BCUT2D eigenvalue weighted by Gasteiger charge is 2.15. The Hall–Kier alpha value is -2.24. The lowest BCUT2D eigenvalue weighted by Gasteiger charge is -2.09. The van der Waals surface area contributed by atoms with E-state index >= 15 is 0 Å². The van der Waals surface area contributed by atoms with Gasteiger partial charge in [0, 0.05) is 17.2 Å². The van der Waals surface area contributed by atoms with Crippen LogP contribution in [0.15, 0.2) is 39.5 Å². The third kappa shape index (κ3) is 2.85. The Morgan fingerprint density at radius 2 is 1.74 bits per heavy atom. The van der Waals surface area contributed by atoms with Crippen LogP contribution in [0.2, 0.25) is 10.0 Å². The summed E-state index contributed by atoms with van der Waals surface area (Å²) in [7, 11) is 2.99. The molecule has 0 saturated heterocycles. The van der Waals surface area contributed by atoms with Gasteiger partial charge >= 0.3 is 5.63 Å². The molecule has 23 heavy (non-hydrogen) atoms. The number of hydrogen-bond donors (Lipinski definition) is 0. The molecule has 0 unspecified atom stereocenters. The van der Waals surface area contributed by atoms with E-state index in [1.54, 1.807) is 24.3 Å². The quantitative estimate of drug-likeness (QED) is 0.708. The van der Waals surface area contributed by atoms with Gasteiger partial charge in [-0.2, -0.15) is 0 Å². The van der Waals surface area contributed by atoms with Gasteiger partial charge in [0.1, 0.15) is 0 Å². The van der Waals surface area contributed by atoms with E-state index < -0.39 is 5.63 Å². The Bertz CT molecular complexity index is 953. The first-order valence-electron chi connectivity index (χ1n) is 6.56. The van der Waals surface area contributed by atoms with Gasteiger partial charge in [-0.3, -0.25) is 0 Å². The van der Waals surface area contributed by atoms with Crippen LogP contribution in [0.1, 0.15) is 0 Å². The van der Waals surface area contributed by atoms with Crippen LogP contribution in [0.4, 0.5) is 0 Å². The Morgan fingerprint density at radius 1 is 1.04 bits per heavy atom. The zero-order valence-electron chi connectivity index (χ0n) is 12.2. The molecule has 5 nitrogen and oxygen atoms in total. The van der Waals surface area contributed by atoms with Crippen LogP contribution in [-0.4, -0.2) is 19.2 Å². The Balaban J connectivity index is 2.27. The van der Waals surface area contributed by atoms with Crippen molar-refractivity contribution in [2.45, 2.75) is 0 Å². The molecule has 0 atom stereocenters. The maximum absolute atomic E-state index is 12.2. The molecule has 1 heterocycles. The highest BCUT2D eigenvalue weighted by molar-refractivity contribution is 6.36. The number of ether oxygens (including phenoxy) is 2. The van der Waals surface area contributed by atoms with Gasteiger partial charge in [0.2, 0.25) is 5.89 Å². The van der Waals surface area contributed by atoms with Gasteiger partial charge < -0.3 is 13.9 Å². The van der Waals surface area contributed by atoms with E-state index in [1.165, 1.54) is 20.3 Å². The van der Waals surface area contributed by atoms with Crippen molar-refractivity contribution in [1.29, 1.82) is 0 Å². The summed E-state index contributed by atoms with van der Waals surface area (Å²) in [6, 6.07) is 7.98. The highest BCUT2D eigenvalue weighted by atomic mass is 35.5. The fourth-order valence-corrected chi connectivity index (χ4v) is 2.67. The van der Waals surface area contributed by atoms with Crippen molar-refractivity contribution in [2.75, 3.05) is 14.2 Å². The molecule has 0 aliphatic rings. The van der Waals surface area contributed by atoms with Crippen LogP contribution in [0.25, 0.3) is 22.4 Å². The molecule has 7 heteroatoms. The second kappa shape index (κ2) is 6.10. The fourth-order valence-electron chi connectivity index (χ4n) is 2.18. The second-order valence-electron chi connectivity index (χ2n) is 4.65. The number of nitrogens with zero attached hydrogens (tertiary/aromatic N) is 1. The predicted octanol–water partition coefficient (Wildman–Crippen LogP) is 4.18. The minimum atomic E-state index is -0.544. The van der Waals surface area contributed by atoms with Gasteiger partial charge in [0.15, 0.2) is 11.5 Å². The second-order valence-corrected chi connectivity index (χ2v) is 5.50. The third-order valence-electron chi connectivity index (χ3n) is 3.29. The number of methoxy groups -OCH3 is 2. The lowest BCUT2D eigenvalue weighted by Crippen LogP contribution is -2.04. The van der Waals surface area contributed by atoms with Crippen LogP contribution in [0.3, 0.4) is 0 Å². The average molecular weight is 352 g/mol. The molecule has 0 radical (unpaired) electrons.